The molecule has 1 spiro atoms. The predicted molar refractivity (Wildman–Crippen MR) is 75.6 cm³/mol. The van der Waals surface area contributed by atoms with Crippen molar-refractivity contribution in [3.8, 4) is 0 Å². The van der Waals surface area contributed by atoms with Crippen molar-refractivity contribution in [1.82, 2.24) is 10.2 Å². The molecular formula is C16H22N2O. The Morgan fingerprint density at radius 2 is 2.16 bits per heavy atom. The normalized spacial score (nSPS) is 24.5. The summed E-state index contributed by atoms with van der Waals surface area (Å²) in [6.07, 6.45) is 2.03. The van der Waals surface area contributed by atoms with Crippen molar-refractivity contribution in [2.75, 3.05) is 6.54 Å². The van der Waals surface area contributed by atoms with Crippen LogP contribution >= 0.6 is 0 Å². The van der Waals surface area contributed by atoms with Crippen LogP contribution in [0.3, 0.4) is 0 Å². The van der Waals surface area contributed by atoms with Crippen LogP contribution in [0.15, 0.2) is 24.3 Å². The van der Waals surface area contributed by atoms with E-state index in [0.717, 1.165) is 19.4 Å². The number of nitrogens with one attached hydrogen (secondary N) is 1. The molecule has 1 aliphatic carbocycles. The summed E-state index contributed by atoms with van der Waals surface area (Å²) in [5.41, 5.74) is 2.22. The molecule has 3 rings (SSSR count). The Hall–Kier alpha value is -1.35. The Balaban J connectivity index is 1.92. The molecule has 2 aliphatic rings. The number of hydrogen-bond donors (Lipinski definition) is 1. The largest absolute Gasteiger partial charge is 0.321 e. The van der Waals surface area contributed by atoms with E-state index < -0.39 is 0 Å². The van der Waals surface area contributed by atoms with E-state index >= 15 is 0 Å². The number of amides is 1. The zero-order chi connectivity index (χ0) is 13.6. The van der Waals surface area contributed by atoms with E-state index in [1.54, 1.807) is 0 Å². The summed E-state index contributed by atoms with van der Waals surface area (Å²) in [6.45, 7) is 7.25. The first-order chi connectivity index (χ1) is 9.02. The van der Waals surface area contributed by atoms with Crippen molar-refractivity contribution in [2.24, 2.45) is 5.92 Å². The number of rotatable bonds is 3. The highest BCUT2D eigenvalue weighted by atomic mass is 16.2. The minimum absolute atomic E-state index is 0.0531. The molecule has 3 nitrogen and oxygen atoms in total. The molecule has 1 saturated heterocycles. The molecule has 1 saturated carbocycles. The minimum Gasteiger partial charge on any atom is -0.321 e. The standard InChI is InChI=1S/C16H22N2O/c1-11(2)10-18-14(13-6-4-5-12(3)9-13)17-16(7-8-16)15(18)19/h4-6,9,11,14,17H,7-8,10H2,1-3H3. The van der Waals surface area contributed by atoms with Crippen LogP contribution in [0, 0.1) is 12.8 Å². The van der Waals surface area contributed by atoms with E-state index in [2.05, 4.69) is 50.4 Å². The molecule has 1 aromatic carbocycles. The van der Waals surface area contributed by atoms with Crippen LogP contribution in [0.25, 0.3) is 0 Å². The molecule has 19 heavy (non-hydrogen) atoms. The molecule has 1 N–H and O–H groups in total. The van der Waals surface area contributed by atoms with Crippen LogP contribution in [0.1, 0.15) is 44.0 Å². The molecule has 2 fully saturated rings. The average Bonchev–Trinajstić information content (AvgIpc) is 3.08. The number of hydrogen-bond acceptors (Lipinski definition) is 2. The van der Waals surface area contributed by atoms with E-state index in [1.165, 1.54) is 11.1 Å². The molecule has 0 bridgehead atoms. The second-order valence-corrected chi connectivity index (χ2v) is 6.39. The first kappa shape index (κ1) is 12.7. The fourth-order valence-electron chi connectivity index (χ4n) is 2.96. The van der Waals surface area contributed by atoms with Gasteiger partial charge in [-0.1, -0.05) is 43.7 Å². The second kappa shape index (κ2) is 4.34. The molecular weight excluding hydrogens is 236 g/mol. The Kier molecular flexibility index (Phi) is 2.90. The van der Waals surface area contributed by atoms with Gasteiger partial charge in [-0.2, -0.15) is 0 Å². The number of aryl methyl sites for hydroxylation is 1. The van der Waals surface area contributed by atoms with Gasteiger partial charge in [0.25, 0.3) is 0 Å². The molecule has 0 aromatic heterocycles. The van der Waals surface area contributed by atoms with E-state index in [1.807, 2.05) is 4.90 Å². The van der Waals surface area contributed by atoms with Crippen LogP contribution in [0.4, 0.5) is 0 Å². The van der Waals surface area contributed by atoms with Crippen molar-refractivity contribution in [1.29, 1.82) is 0 Å². The van der Waals surface area contributed by atoms with Crippen LogP contribution in [0.5, 0.6) is 0 Å². The molecule has 1 aliphatic heterocycles. The second-order valence-electron chi connectivity index (χ2n) is 6.39. The number of carbonyl (C=O) groups is 1. The van der Waals surface area contributed by atoms with E-state index in [4.69, 9.17) is 0 Å². The maximum atomic E-state index is 12.6. The SMILES string of the molecule is Cc1cccc(C2NC3(CC3)C(=O)N2CC(C)C)c1. The maximum absolute atomic E-state index is 12.6. The predicted octanol–water partition coefficient (Wildman–Crippen LogP) is 2.61. The third kappa shape index (κ3) is 2.16. The molecule has 1 aromatic rings. The van der Waals surface area contributed by atoms with Crippen molar-refractivity contribution in [3.05, 3.63) is 35.4 Å². The highest BCUT2D eigenvalue weighted by molar-refractivity contribution is 5.92. The van der Waals surface area contributed by atoms with Gasteiger partial charge in [-0.25, -0.2) is 0 Å². The van der Waals surface area contributed by atoms with Crippen LogP contribution in [-0.2, 0) is 4.79 Å². The summed E-state index contributed by atoms with van der Waals surface area (Å²) in [5, 5.41) is 3.57. The van der Waals surface area contributed by atoms with Crippen LogP contribution in [0.2, 0.25) is 0 Å². The first-order valence-electron chi connectivity index (χ1n) is 7.17. The number of nitrogens with zero attached hydrogens (tertiary/aromatic N) is 1. The van der Waals surface area contributed by atoms with E-state index in [0.29, 0.717) is 11.8 Å². The van der Waals surface area contributed by atoms with Crippen molar-refractivity contribution in [2.45, 2.75) is 45.3 Å². The lowest BCUT2D eigenvalue weighted by molar-refractivity contribution is -0.131. The zero-order valence-electron chi connectivity index (χ0n) is 11.9. The fourth-order valence-corrected chi connectivity index (χ4v) is 2.96. The summed E-state index contributed by atoms with van der Waals surface area (Å²) in [5.74, 6) is 0.791. The maximum Gasteiger partial charge on any atom is 0.244 e. The Morgan fingerprint density at radius 1 is 1.42 bits per heavy atom. The van der Waals surface area contributed by atoms with Gasteiger partial charge >= 0.3 is 0 Å². The van der Waals surface area contributed by atoms with Gasteiger partial charge < -0.3 is 4.90 Å². The van der Waals surface area contributed by atoms with Gasteiger partial charge in [0, 0.05) is 6.54 Å². The third-order valence-electron chi connectivity index (χ3n) is 4.06. The van der Waals surface area contributed by atoms with E-state index in [-0.39, 0.29) is 11.7 Å². The third-order valence-corrected chi connectivity index (χ3v) is 4.06. The zero-order valence-corrected chi connectivity index (χ0v) is 11.9. The fraction of sp³-hybridized carbons (Fsp3) is 0.562. The average molecular weight is 258 g/mol. The number of carbonyl (C=O) groups excluding carboxylic acids is 1. The van der Waals surface area contributed by atoms with E-state index in [9.17, 15) is 4.79 Å². The Bertz CT molecular complexity index is 505. The van der Waals surface area contributed by atoms with Gasteiger partial charge in [0.05, 0.1) is 0 Å². The quantitative estimate of drug-likeness (QED) is 0.904. The van der Waals surface area contributed by atoms with Gasteiger partial charge in [-0.05, 0) is 31.2 Å². The van der Waals surface area contributed by atoms with Gasteiger partial charge in [0.2, 0.25) is 5.91 Å². The summed E-state index contributed by atoms with van der Waals surface area (Å²) < 4.78 is 0. The minimum atomic E-state index is -0.233. The summed E-state index contributed by atoms with van der Waals surface area (Å²) in [7, 11) is 0. The van der Waals surface area contributed by atoms with Gasteiger partial charge in [0.1, 0.15) is 11.7 Å². The smallest absolute Gasteiger partial charge is 0.244 e. The molecule has 1 amide bonds. The summed E-state index contributed by atoms with van der Waals surface area (Å²) >= 11 is 0. The Morgan fingerprint density at radius 3 is 2.74 bits per heavy atom. The molecule has 0 radical (unpaired) electrons. The van der Waals surface area contributed by atoms with Crippen molar-refractivity contribution < 1.29 is 4.79 Å². The lowest BCUT2D eigenvalue weighted by atomic mass is 10.1. The highest BCUT2D eigenvalue weighted by Crippen LogP contribution is 2.46. The molecule has 1 atom stereocenters. The summed E-state index contributed by atoms with van der Waals surface area (Å²) in [6, 6.07) is 8.47. The van der Waals surface area contributed by atoms with Crippen molar-refractivity contribution in [3.63, 3.8) is 0 Å². The highest BCUT2D eigenvalue weighted by Gasteiger charge is 2.59. The van der Waals surface area contributed by atoms with Gasteiger partial charge in [0.15, 0.2) is 0 Å². The van der Waals surface area contributed by atoms with Crippen LogP contribution in [-0.4, -0.2) is 22.9 Å². The lowest BCUT2D eigenvalue weighted by Crippen LogP contribution is -2.34. The molecule has 3 heteroatoms. The molecule has 1 heterocycles. The lowest BCUT2D eigenvalue weighted by Gasteiger charge is -2.26. The molecule has 1 unspecified atom stereocenters. The monoisotopic (exact) mass is 258 g/mol. The first-order valence-corrected chi connectivity index (χ1v) is 7.17. The van der Waals surface area contributed by atoms with Crippen molar-refractivity contribution >= 4 is 5.91 Å². The topological polar surface area (TPSA) is 32.3 Å². The number of benzene rings is 1. The summed E-state index contributed by atoms with van der Waals surface area (Å²) in [4.78, 5) is 14.6. The Labute approximate surface area is 115 Å². The molecule has 102 valence electrons. The van der Waals surface area contributed by atoms with Crippen LogP contribution < -0.4 is 5.32 Å². The van der Waals surface area contributed by atoms with Gasteiger partial charge in [-0.3, -0.25) is 10.1 Å². The van der Waals surface area contributed by atoms with Gasteiger partial charge in [-0.15, -0.1) is 0 Å².